The van der Waals surface area contributed by atoms with Crippen molar-refractivity contribution >= 4 is 11.6 Å². The van der Waals surface area contributed by atoms with Gasteiger partial charge in [0.05, 0.1) is 12.4 Å². The van der Waals surface area contributed by atoms with E-state index in [0.29, 0.717) is 0 Å². The van der Waals surface area contributed by atoms with Gasteiger partial charge in [0, 0.05) is 13.8 Å². The molecule has 1 aromatic rings. The van der Waals surface area contributed by atoms with Crippen LogP contribution in [0.5, 0.6) is 0 Å². The van der Waals surface area contributed by atoms with Crippen molar-refractivity contribution in [1.29, 1.82) is 0 Å². The molecule has 0 bridgehead atoms. The Bertz CT molecular complexity index is 283. The zero-order chi connectivity index (χ0) is 9.14. The van der Waals surface area contributed by atoms with Crippen LogP contribution in [0.3, 0.4) is 0 Å². The van der Waals surface area contributed by atoms with Crippen LogP contribution in [-0.4, -0.2) is 21.5 Å². The van der Waals surface area contributed by atoms with Crippen LogP contribution in [0.2, 0.25) is 0 Å². The van der Waals surface area contributed by atoms with Gasteiger partial charge in [-0.25, -0.2) is 9.97 Å². The summed E-state index contributed by atoms with van der Waals surface area (Å²) in [7, 11) is 0. The first kappa shape index (κ1) is 8.52. The third-order valence-corrected chi connectivity index (χ3v) is 1.37. The Morgan fingerprint density at radius 2 is 1.33 bits per heavy atom. The van der Waals surface area contributed by atoms with Gasteiger partial charge < -0.3 is 0 Å². The van der Waals surface area contributed by atoms with E-state index in [1.165, 1.54) is 26.2 Å². The molecule has 1 aromatic heterocycles. The maximum atomic E-state index is 10.7. The minimum atomic E-state index is -0.155. The van der Waals surface area contributed by atoms with E-state index in [4.69, 9.17) is 0 Å². The third kappa shape index (κ3) is 1.72. The second kappa shape index (κ2) is 3.21. The molecule has 12 heavy (non-hydrogen) atoms. The Labute approximate surface area is 69.7 Å². The van der Waals surface area contributed by atoms with Gasteiger partial charge in [0.25, 0.3) is 0 Å². The van der Waals surface area contributed by atoms with E-state index in [2.05, 4.69) is 9.97 Å². The molecule has 0 aliphatic rings. The van der Waals surface area contributed by atoms with Crippen molar-refractivity contribution in [3.8, 4) is 0 Å². The van der Waals surface area contributed by atoms with Gasteiger partial charge in [-0.3, -0.25) is 9.59 Å². The van der Waals surface area contributed by atoms with Gasteiger partial charge in [-0.05, 0) is 0 Å². The van der Waals surface area contributed by atoms with E-state index in [0.717, 1.165) is 0 Å². The Kier molecular flexibility index (Phi) is 2.28. The number of rotatable bonds is 2. The average Bonchev–Trinajstić information content (AvgIpc) is 2.04. The highest BCUT2D eigenvalue weighted by atomic mass is 16.1. The van der Waals surface area contributed by atoms with E-state index in [-0.39, 0.29) is 23.0 Å². The van der Waals surface area contributed by atoms with Crippen LogP contribution in [0.4, 0.5) is 0 Å². The van der Waals surface area contributed by atoms with E-state index in [9.17, 15) is 9.59 Å². The van der Waals surface area contributed by atoms with Gasteiger partial charge in [-0.1, -0.05) is 0 Å². The Hall–Kier alpha value is -1.58. The molecule has 1 heterocycles. The summed E-state index contributed by atoms with van der Waals surface area (Å²) in [6, 6.07) is 0. The summed E-state index contributed by atoms with van der Waals surface area (Å²) in [5.41, 5.74) is 0.556. The van der Waals surface area contributed by atoms with Crippen LogP contribution in [-0.2, 0) is 0 Å². The summed E-state index contributed by atoms with van der Waals surface area (Å²) >= 11 is 0. The van der Waals surface area contributed by atoms with Gasteiger partial charge in [0.15, 0.2) is 11.6 Å². The number of nitrogens with zero attached hydrogens (tertiary/aromatic N) is 2. The number of carbonyl (C=O) groups excluding carboxylic acids is 2. The van der Waals surface area contributed by atoms with Crippen LogP contribution in [0.1, 0.15) is 34.8 Å². The van der Waals surface area contributed by atoms with Gasteiger partial charge >= 0.3 is 0 Å². The molecule has 0 saturated heterocycles. The molecular weight excluding hydrogens is 156 g/mol. The van der Waals surface area contributed by atoms with Crippen molar-refractivity contribution in [2.45, 2.75) is 13.8 Å². The highest BCUT2D eigenvalue weighted by Crippen LogP contribution is 1.96. The third-order valence-electron chi connectivity index (χ3n) is 1.37. The molecule has 62 valence electrons. The largest absolute Gasteiger partial charge is 0.293 e. The molecule has 0 aliphatic carbocycles. The van der Waals surface area contributed by atoms with Crippen molar-refractivity contribution in [2.75, 3.05) is 0 Å². The molecule has 0 radical (unpaired) electrons. The van der Waals surface area contributed by atoms with Crippen molar-refractivity contribution < 1.29 is 9.59 Å². The minimum absolute atomic E-state index is 0.155. The summed E-state index contributed by atoms with van der Waals surface area (Å²) in [6.07, 6.45) is 2.61. The molecule has 0 spiro atoms. The zero-order valence-corrected chi connectivity index (χ0v) is 6.87. The molecule has 0 amide bonds. The number of hydrogen-bond donors (Lipinski definition) is 0. The Balaban J connectivity index is 3.01. The Morgan fingerprint density at radius 3 is 1.50 bits per heavy atom. The van der Waals surface area contributed by atoms with Crippen LogP contribution in [0.15, 0.2) is 12.4 Å². The number of carbonyl (C=O) groups is 2. The molecule has 0 saturated carbocycles. The lowest BCUT2D eigenvalue weighted by atomic mass is 10.3. The van der Waals surface area contributed by atoms with Crippen LogP contribution in [0.25, 0.3) is 0 Å². The molecule has 4 nitrogen and oxygen atoms in total. The lowest BCUT2D eigenvalue weighted by molar-refractivity contribution is 0.0993. The van der Waals surface area contributed by atoms with E-state index in [1.807, 2.05) is 0 Å². The zero-order valence-electron chi connectivity index (χ0n) is 6.87. The molecule has 0 unspecified atom stereocenters. The molecule has 0 fully saturated rings. The first-order chi connectivity index (χ1) is 5.61. The van der Waals surface area contributed by atoms with Crippen molar-refractivity contribution in [3.63, 3.8) is 0 Å². The van der Waals surface area contributed by atoms with Crippen molar-refractivity contribution in [3.05, 3.63) is 23.8 Å². The summed E-state index contributed by atoms with van der Waals surface area (Å²) < 4.78 is 0. The Morgan fingerprint density at radius 1 is 1.00 bits per heavy atom. The normalized spacial score (nSPS) is 9.50. The number of ketones is 2. The van der Waals surface area contributed by atoms with E-state index in [1.54, 1.807) is 0 Å². The predicted octanol–water partition coefficient (Wildman–Crippen LogP) is 0.882. The summed E-state index contributed by atoms with van der Waals surface area (Å²) in [4.78, 5) is 29.0. The van der Waals surface area contributed by atoms with E-state index >= 15 is 0 Å². The molecule has 0 aliphatic heterocycles. The molecule has 4 heteroatoms. The van der Waals surface area contributed by atoms with Gasteiger partial charge in [-0.2, -0.15) is 0 Å². The standard InChI is InChI=1S/C8H8N2O2/c1-5(11)7-3-10-8(4-9-7)6(2)12/h3-4H,1-2H3. The highest BCUT2D eigenvalue weighted by Gasteiger charge is 2.03. The fourth-order valence-corrected chi connectivity index (χ4v) is 0.692. The first-order valence-corrected chi connectivity index (χ1v) is 3.45. The number of aromatic nitrogens is 2. The average molecular weight is 164 g/mol. The van der Waals surface area contributed by atoms with Crippen LogP contribution < -0.4 is 0 Å². The highest BCUT2D eigenvalue weighted by molar-refractivity contribution is 5.94. The maximum absolute atomic E-state index is 10.7. The van der Waals surface area contributed by atoms with Gasteiger partial charge in [-0.15, -0.1) is 0 Å². The van der Waals surface area contributed by atoms with Crippen LogP contribution >= 0.6 is 0 Å². The molecule has 0 aromatic carbocycles. The van der Waals surface area contributed by atoms with Crippen molar-refractivity contribution in [2.24, 2.45) is 0 Å². The van der Waals surface area contributed by atoms with E-state index < -0.39 is 0 Å². The van der Waals surface area contributed by atoms with Crippen LogP contribution in [0, 0.1) is 0 Å². The monoisotopic (exact) mass is 164 g/mol. The predicted molar refractivity (Wildman–Crippen MR) is 42.0 cm³/mol. The fourth-order valence-electron chi connectivity index (χ4n) is 0.692. The summed E-state index contributed by atoms with van der Waals surface area (Å²) in [6.45, 7) is 2.80. The second-order valence-electron chi connectivity index (χ2n) is 2.40. The molecule has 0 N–H and O–H groups in total. The quantitative estimate of drug-likeness (QED) is 0.609. The lowest BCUT2D eigenvalue weighted by Gasteiger charge is -1.94. The first-order valence-electron chi connectivity index (χ1n) is 3.45. The molecular formula is C8H8N2O2. The summed E-state index contributed by atoms with van der Waals surface area (Å²) in [5.74, 6) is -0.310. The number of hydrogen-bond acceptors (Lipinski definition) is 4. The number of Topliss-reactive ketones (excluding diaryl/α,β-unsaturated/α-hetero) is 2. The fraction of sp³-hybridized carbons (Fsp3) is 0.250. The SMILES string of the molecule is CC(=O)c1cnc(C(C)=O)cn1. The minimum Gasteiger partial charge on any atom is -0.293 e. The smallest absolute Gasteiger partial charge is 0.179 e. The van der Waals surface area contributed by atoms with Gasteiger partial charge in [0.1, 0.15) is 11.4 Å². The van der Waals surface area contributed by atoms with Crippen molar-refractivity contribution in [1.82, 2.24) is 9.97 Å². The molecule has 0 atom stereocenters. The molecule has 1 rings (SSSR count). The maximum Gasteiger partial charge on any atom is 0.179 e. The lowest BCUT2D eigenvalue weighted by Crippen LogP contribution is -2.02. The second-order valence-corrected chi connectivity index (χ2v) is 2.40. The van der Waals surface area contributed by atoms with Gasteiger partial charge in [0.2, 0.25) is 0 Å². The summed E-state index contributed by atoms with van der Waals surface area (Å²) in [5, 5.41) is 0. The topological polar surface area (TPSA) is 59.9 Å².